The summed E-state index contributed by atoms with van der Waals surface area (Å²) in [6.45, 7) is 1.57. The minimum absolute atomic E-state index is 0. The Hall–Kier alpha value is -4.03. The molecule has 0 unspecified atom stereocenters. The third kappa shape index (κ3) is 6.89. The summed E-state index contributed by atoms with van der Waals surface area (Å²) in [6, 6.07) is 20.5. The van der Waals surface area contributed by atoms with E-state index < -0.39 is 6.03 Å². The second-order valence-electron chi connectivity index (χ2n) is 8.33. The summed E-state index contributed by atoms with van der Waals surface area (Å²) in [5, 5.41) is 15.8. The number of carbonyl (C=O) groups excluding carboxylic acids is 2. The number of pyridine rings is 1. The summed E-state index contributed by atoms with van der Waals surface area (Å²) in [6.07, 6.45) is 0. The van der Waals surface area contributed by atoms with Crippen molar-refractivity contribution in [2.75, 3.05) is 23.8 Å². The molecule has 4 aromatic rings. The van der Waals surface area contributed by atoms with Crippen LogP contribution in [0.4, 0.5) is 16.2 Å². The first kappa shape index (κ1) is 29.5. The fourth-order valence-corrected chi connectivity index (χ4v) is 4.36. The van der Waals surface area contributed by atoms with Crippen LogP contribution in [-0.4, -0.2) is 30.5 Å². The summed E-state index contributed by atoms with van der Waals surface area (Å²) in [7, 11) is 1.61. The number of ether oxygens (including phenoxy) is 1. The number of likely N-dealkylation sites (N-methyl/N-ethyl adjacent to an activating group) is 1. The van der Waals surface area contributed by atoms with Gasteiger partial charge in [0.25, 0.3) is 0 Å². The van der Waals surface area contributed by atoms with Gasteiger partial charge in [-0.25, -0.2) is 9.78 Å². The number of nitriles is 1. The molecule has 0 saturated heterocycles. The van der Waals surface area contributed by atoms with Crippen LogP contribution in [0.2, 0.25) is 10.0 Å². The highest BCUT2D eigenvalue weighted by atomic mass is 35.5. The number of benzene rings is 3. The molecule has 0 saturated carbocycles. The molecule has 0 spiro atoms. The van der Waals surface area contributed by atoms with Gasteiger partial charge in [0.05, 0.1) is 35.1 Å². The first-order valence-electron chi connectivity index (χ1n) is 11.5. The quantitative estimate of drug-likeness (QED) is 0.258. The van der Waals surface area contributed by atoms with Crippen molar-refractivity contribution in [1.29, 1.82) is 5.26 Å². The van der Waals surface area contributed by atoms with Crippen molar-refractivity contribution in [3.63, 3.8) is 0 Å². The molecule has 8 nitrogen and oxygen atoms in total. The first-order chi connectivity index (χ1) is 18.3. The SMILES string of the molecule is Cc1nc2ccccc2c(N(C)C(=O)CNC(=O)Nc2cccc(C#N)c2)c1OCc1c(Cl)cccc1Cl.Cl. The third-order valence-corrected chi connectivity index (χ3v) is 6.48. The molecule has 3 amide bonds. The number of nitrogens with one attached hydrogen (secondary N) is 2. The van der Waals surface area contributed by atoms with Gasteiger partial charge in [-0.15, -0.1) is 12.4 Å². The molecule has 0 bridgehead atoms. The van der Waals surface area contributed by atoms with E-state index in [9.17, 15) is 9.59 Å². The number of rotatable bonds is 7. The summed E-state index contributed by atoms with van der Waals surface area (Å²) >= 11 is 12.6. The summed E-state index contributed by atoms with van der Waals surface area (Å²) in [5.41, 5.74) is 3.22. The molecule has 0 fully saturated rings. The third-order valence-electron chi connectivity index (χ3n) is 5.77. The number of hydrogen-bond acceptors (Lipinski definition) is 5. The smallest absolute Gasteiger partial charge is 0.319 e. The van der Waals surface area contributed by atoms with Crippen LogP contribution in [0.3, 0.4) is 0 Å². The normalized spacial score (nSPS) is 10.2. The molecular weight excluding hydrogens is 561 g/mol. The van der Waals surface area contributed by atoms with Crippen LogP contribution in [0.15, 0.2) is 66.7 Å². The van der Waals surface area contributed by atoms with Gasteiger partial charge in [0.2, 0.25) is 5.91 Å². The Bertz CT molecular complexity index is 1550. The number of amides is 3. The predicted octanol–water partition coefficient (Wildman–Crippen LogP) is 6.51. The zero-order valence-electron chi connectivity index (χ0n) is 21.0. The van der Waals surface area contributed by atoms with Gasteiger partial charge in [-0.3, -0.25) is 4.79 Å². The molecule has 0 atom stereocenters. The van der Waals surface area contributed by atoms with Crippen LogP contribution in [0.25, 0.3) is 10.9 Å². The lowest BCUT2D eigenvalue weighted by atomic mass is 10.1. The summed E-state index contributed by atoms with van der Waals surface area (Å²) < 4.78 is 6.17. The Kier molecular flexibility index (Phi) is 9.96. The fraction of sp³-hybridized carbons (Fsp3) is 0.143. The van der Waals surface area contributed by atoms with Crippen molar-refractivity contribution in [3.8, 4) is 11.8 Å². The van der Waals surface area contributed by atoms with Gasteiger partial charge in [0, 0.05) is 33.7 Å². The van der Waals surface area contributed by atoms with Crippen LogP contribution in [0.5, 0.6) is 5.75 Å². The molecule has 39 heavy (non-hydrogen) atoms. The molecule has 3 aromatic carbocycles. The van der Waals surface area contributed by atoms with Crippen molar-refractivity contribution in [2.45, 2.75) is 13.5 Å². The molecule has 4 rings (SSSR count). The van der Waals surface area contributed by atoms with Gasteiger partial charge < -0.3 is 20.3 Å². The summed E-state index contributed by atoms with van der Waals surface area (Å²) in [4.78, 5) is 31.7. The maximum Gasteiger partial charge on any atom is 0.319 e. The van der Waals surface area contributed by atoms with Crippen molar-refractivity contribution in [2.24, 2.45) is 0 Å². The number of fused-ring (bicyclic) bond motifs is 1. The van der Waals surface area contributed by atoms with Crippen molar-refractivity contribution in [3.05, 3.63) is 93.6 Å². The average Bonchev–Trinajstić information content (AvgIpc) is 2.91. The number of aryl methyl sites for hydroxylation is 1. The van der Waals surface area contributed by atoms with Crippen molar-refractivity contribution < 1.29 is 14.3 Å². The van der Waals surface area contributed by atoms with E-state index in [1.807, 2.05) is 30.3 Å². The van der Waals surface area contributed by atoms with Gasteiger partial charge in [-0.1, -0.05) is 53.5 Å². The van der Waals surface area contributed by atoms with Crippen LogP contribution < -0.4 is 20.3 Å². The topological polar surface area (TPSA) is 107 Å². The van der Waals surface area contributed by atoms with E-state index in [2.05, 4.69) is 15.6 Å². The van der Waals surface area contributed by atoms with E-state index in [1.54, 1.807) is 50.4 Å². The number of para-hydroxylation sites is 1. The van der Waals surface area contributed by atoms with Gasteiger partial charge in [-0.2, -0.15) is 5.26 Å². The zero-order chi connectivity index (χ0) is 27.2. The Labute approximate surface area is 241 Å². The molecule has 1 aromatic heterocycles. The summed E-state index contributed by atoms with van der Waals surface area (Å²) in [5.74, 6) is 0.00982. The highest BCUT2D eigenvalue weighted by molar-refractivity contribution is 6.36. The van der Waals surface area contributed by atoms with Gasteiger partial charge in [-0.05, 0) is 43.3 Å². The number of hydrogen-bond donors (Lipinski definition) is 2. The molecule has 200 valence electrons. The fourth-order valence-electron chi connectivity index (χ4n) is 3.86. The number of anilines is 2. The molecule has 0 radical (unpaired) electrons. The highest BCUT2D eigenvalue weighted by Crippen LogP contribution is 2.38. The largest absolute Gasteiger partial charge is 0.485 e. The Morgan fingerprint density at radius 2 is 1.74 bits per heavy atom. The van der Waals surface area contributed by atoms with Crippen molar-refractivity contribution >= 4 is 69.8 Å². The monoisotopic (exact) mass is 583 g/mol. The second-order valence-corrected chi connectivity index (χ2v) is 9.15. The standard InChI is InChI=1S/C28H23Cl2N5O3.ClH/c1-17-27(38-16-21-22(29)10-6-11-23(21)30)26(20-9-3-4-12-24(20)33-17)35(2)25(36)15-32-28(37)34-19-8-5-7-18(13-19)14-31;/h3-13H,15-16H2,1-2H3,(H2,32,34,37);1H. The minimum atomic E-state index is -0.581. The lowest BCUT2D eigenvalue weighted by molar-refractivity contribution is -0.117. The number of halogens is 3. The lowest BCUT2D eigenvalue weighted by Crippen LogP contribution is -2.40. The van der Waals surface area contributed by atoms with Crippen LogP contribution in [0.1, 0.15) is 16.8 Å². The van der Waals surface area contributed by atoms with E-state index in [4.69, 9.17) is 33.2 Å². The van der Waals surface area contributed by atoms with Gasteiger partial charge >= 0.3 is 6.03 Å². The Morgan fingerprint density at radius 3 is 2.46 bits per heavy atom. The molecule has 0 aliphatic rings. The van der Waals surface area contributed by atoms with Crippen molar-refractivity contribution in [1.82, 2.24) is 10.3 Å². The Balaban J connectivity index is 0.00000420. The van der Waals surface area contributed by atoms with E-state index in [0.29, 0.717) is 54.9 Å². The highest BCUT2D eigenvalue weighted by Gasteiger charge is 2.23. The first-order valence-corrected chi connectivity index (χ1v) is 12.3. The Morgan fingerprint density at radius 1 is 1.05 bits per heavy atom. The molecular formula is C28H24Cl3N5O3. The molecule has 0 aliphatic carbocycles. The predicted molar refractivity (Wildman–Crippen MR) is 156 cm³/mol. The molecule has 11 heteroatoms. The minimum Gasteiger partial charge on any atom is -0.485 e. The maximum absolute atomic E-state index is 13.2. The zero-order valence-corrected chi connectivity index (χ0v) is 23.3. The van der Waals surface area contributed by atoms with Crippen LogP contribution >= 0.6 is 35.6 Å². The number of nitrogens with zero attached hydrogens (tertiary/aromatic N) is 3. The molecule has 1 heterocycles. The molecule has 2 N–H and O–H groups in total. The van der Waals surface area contributed by atoms with Crippen LogP contribution in [-0.2, 0) is 11.4 Å². The van der Waals surface area contributed by atoms with E-state index in [-0.39, 0.29) is 31.5 Å². The molecule has 0 aliphatic heterocycles. The number of urea groups is 1. The van der Waals surface area contributed by atoms with E-state index in [0.717, 1.165) is 0 Å². The second kappa shape index (κ2) is 13.2. The van der Waals surface area contributed by atoms with Gasteiger partial charge in [0.15, 0.2) is 5.75 Å². The number of aromatic nitrogens is 1. The van der Waals surface area contributed by atoms with E-state index in [1.165, 1.54) is 11.0 Å². The number of carbonyl (C=O) groups is 2. The van der Waals surface area contributed by atoms with E-state index >= 15 is 0 Å². The van der Waals surface area contributed by atoms with Gasteiger partial charge in [0.1, 0.15) is 6.61 Å². The van der Waals surface area contributed by atoms with Crippen LogP contribution in [0, 0.1) is 18.3 Å². The average molecular weight is 585 g/mol. The maximum atomic E-state index is 13.2. The lowest BCUT2D eigenvalue weighted by Gasteiger charge is -2.24.